The zero-order valence-electron chi connectivity index (χ0n) is 12.9. The molecule has 1 aromatic heterocycles. The van der Waals surface area contributed by atoms with Gasteiger partial charge in [-0.1, -0.05) is 53.2 Å². The van der Waals surface area contributed by atoms with Crippen molar-refractivity contribution in [2.24, 2.45) is 0 Å². The molecule has 24 heavy (non-hydrogen) atoms. The Labute approximate surface area is 153 Å². The van der Waals surface area contributed by atoms with Crippen LogP contribution >= 0.6 is 27.3 Å². The van der Waals surface area contributed by atoms with Gasteiger partial charge in [-0.3, -0.25) is 4.72 Å². The van der Waals surface area contributed by atoms with Crippen LogP contribution in [0.5, 0.6) is 0 Å². The number of aromatic nitrogens is 1. The van der Waals surface area contributed by atoms with Crippen LogP contribution in [-0.2, 0) is 16.4 Å². The first-order valence-corrected chi connectivity index (χ1v) is 10.4. The minimum atomic E-state index is -3.65. The zero-order chi connectivity index (χ0) is 17.2. The van der Waals surface area contributed by atoms with Crippen molar-refractivity contribution in [2.45, 2.75) is 18.2 Å². The lowest BCUT2D eigenvalue weighted by Crippen LogP contribution is -2.12. The lowest BCUT2D eigenvalue weighted by Gasteiger charge is -2.05. The zero-order valence-corrected chi connectivity index (χ0v) is 16.1. The molecule has 0 atom stereocenters. The monoisotopic (exact) mass is 422 g/mol. The summed E-state index contributed by atoms with van der Waals surface area (Å²) in [7, 11) is -3.65. The summed E-state index contributed by atoms with van der Waals surface area (Å²) in [4.78, 5) is 5.76. The fraction of sp³-hybridized carbons (Fsp3) is 0.118. The Morgan fingerprint density at radius 1 is 1.08 bits per heavy atom. The van der Waals surface area contributed by atoms with Crippen LogP contribution in [-0.4, -0.2) is 13.4 Å². The third-order valence-corrected chi connectivity index (χ3v) is 6.54. The molecule has 0 aliphatic rings. The van der Waals surface area contributed by atoms with E-state index >= 15 is 0 Å². The summed E-state index contributed by atoms with van der Waals surface area (Å²) in [6.07, 6.45) is 0.794. The van der Waals surface area contributed by atoms with Crippen molar-refractivity contribution in [3.05, 3.63) is 63.9 Å². The van der Waals surface area contributed by atoms with E-state index in [0.717, 1.165) is 27.0 Å². The van der Waals surface area contributed by atoms with E-state index in [9.17, 15) is 8.42 Å². The normalized spacial score (nSPS) is 11.4. The number of rotatable bonds is 5. The first-order valence-electron chi connectivity index (χ1n) is 7.33. The fourth-order valence-corrected chi connectivity index (χ4v) is 4.67. The highest BCUT2D eigenvalue weighted by molar-refractivity contribution is 9.10. The number of sulfonamides is 1. The molecule has 1 N–H and O–H groups in total. The van der Waals surface area contributed by atoms with Gasteiger partial charge in [0.05, 0.1) is 10.6 Å². The number of hydrogen-bond acceptors (Lipinski definition) is 4. The number of hydrogen-bond donors (Lipinski definition) is 1. The van der Waals surface area contributed by atoms with Gasteiger partial charge in [0.25, 0.3) is 10.0 Å². The highest BCUT2D eigenvalue weighted by Gasteiger charge is 2.18. The average Bonchev–Trinajstić information content (AvgIpc) is 2.98. The third-order valence-electron chi connectivity index (χ3n) is 3.41. The molecule has 0 bridgehead atoms. The lowest BCUT2D eigenvalue weighted by molar-refractivity contribution is 0.601. The molecule has 0 unspecified atom stereocenters. The number of anilines is 1. The largest absolute Gasteiger partial charge is 0.263 e. The molecule has 1 heterocycles. The van der Waals surface area contributed by atoms with E-state index in [1.165, 1.54) is 11.3 Å². The van der Waals surface area contributed by atoms with Crippen LogP contribution in [0.4, 0.5) is 5.13 Å². The smallest absolute Gasteiger partial charge is 0.255 e. The van der Waals surface area contributed by atoms with Gasteiger partial charge in [0, 0.05) is 14.9 Å². The molecule has 0 amide bonds. The third kappa shape index (κ3) is 3.68. The van der Waals surface area contributed by atoms with Crippen molar-refractivity contribution < 1.29 is 8.42 Å². The highest BCUT2D eigenvalue weighted by Crippen LogP contribution is 2.32. The van der Waals surface area contributed by atoms with Crippen LogP contribution in [0.3, 0.4) is 0 Å². The predicted molar refractivity (Wildman–Crippen MR) is 102 cm³/mol. The Morgan fingerprint density at radius 2 is 1.75 bits per heavy atom. The van der Waals surface area contributed by atoms with Gasteiger partial charge in [-0.05, 0) is 30.7 Å². The van der Waals surface area contributed by atoms with Crippen LogP contribution in [0.25, 0.3) is 11.3 Å². The first-order chi connectivity index (χ1) is 11.5. The van der Waals surface area contributed by atoms with E-state index in [1.807, 2.05) is 37.3 Å². The summed E-state index contributed by atoms with van der Waals surface area (Å²) in [5.41, 5.74) is 1.82. The maximum absolute atomic E-state index is 12.5. The van der Waals surface area contributed by atoms with E-state index in [2.05, 4.69) is 25.6 Å². The molecular formula is C17H15BrN2O2S2. The summed E-state index contributed by atoms with van der Waals surface area (Å²) in [5.74, 6) is 0. The standard InChI is InChI=1S/C17H15BrN2O2S2/c1-2-15-16(12-6-4-3-5-7-12)19-17(23-15)20-24(21,22)14-10-8-13(18)9-11-14/h3-11H,2H2,1H3,(H,19,20). The van der Waals surface area contributed by atoms with Gasteiger partial charge in [0.1, 0.15) is 0 Å². The van der Waals surface area contributed by atoms with E-state index in [-0.39, 0.29) is 4.90 Å². The van der Waals surface area contributed by atoms with Crippen molar-refractivity contribution >= 4 is 42.4 Å². The molecular weight excluding hydrogens is 408 g/mol. The Hall–Kier alpha value is -1.70. The van der Waals surface area contributed by atoms with Gasteiger partial charge >= 0.3 is 0 Å². The maximum atomic E-state index is 12.5. The van der Waals surface area contributed by atoms with Gasteiger partial charge in [-0.25, -0.2) is 13.4 Å². The number of nitrogens with one attached hydrogen (secondary N) is 1. The molecule has 3 aromatic rings. The second kappa shape index (κ2) is 7.04. The van der Waals surface area contributed by atoms with Gasteiger partial charge in [0.15, 0.2) is 5.13 Å². The molecule has 124 valence electrons. The molecule has 0 saturated carbocycles. The van der Waals surface area contributed by atoms with Crippen molar-refractivity contribution in [2.75, 3.05) is 4.72 Å². The number of aryl methyl sites for hydroxylation is 1. The molecule has 0 fully saturated rings. The number of thiazole rings is 1. The molecule has 3 rings (SSSR count). The second-order valence-corrected chi connectivity index (χ2v) is 8.75. The minimum Gasteiger partial charge on any atom is -0.255 e. The van der Waals surface area contributed by atoms with Gasteiger partial charge in [-0.15, -0.1) is 11.3 Å². The molecule has 0 saturated heterocycles. The van der Waals surface area contributed by atoms with E-state index in [4.69, 9.17) is 0 Å². The van der Waals surface area contributed by atoms with E-state index in [1.54, 1.807) is 24.3 Å². The molecule has 4 nitrogen and oxygen atoms in total. The van der Waals surface area contributed by atoms with Crippen molar-refractivity contribution in [1.29, 1.82) is 0 Å². The summed E-state index contributed by atoms with van der Waals surface area (Å²) in [6, 6.07) is 16.3. The quantitative estimate of drug-likeness (QED) is 0.633. The molecule has 0 aliphatic carbocycles. The number of halogens is 1. The van der Waals surface area contributed by atoms with Crippen molar-refractivity contribution in [1.82, 2.24) is 4.98 Å². The van der Waals surface area contributed by atoms with Crippen LogP contribution < -0.4 is 4.72 Å². The Kier molecular flexibility index (Phi) is 5.03. The molecule has 2 aromatic carbocycles. The minimum absolute atomic E-state index is 0.209. The summed E-state index contributed by atoms with van der Waals surface area (Å²) >= 11 is 4.67. The highest BCUT2D eigenvalue weighted by atomic mass is 79.9. The topological polar surface area (TPSA) is 59.1 Å². The molecule has 0 aliphatic heterocycles. The fourth-order valence-electron chi connectivity index (χ4n) is 2.24. The average molecular weight is 423 g/mol. The van der Waals surface area contributed by atoms with Crippen LogP contribution in [0.15, 0.2) is 64.0 Å². The molecule has 0 radical (unpaired) electrons. The second-order valence-electron chi connectivity index (χ2n) is 5.07. The van der Waals surface area contributed by atoms with Gasteiger partial charge in [0.2, 0.25) is 0 Å². The van der Waals surface area contributed by atoms with Crippen LogP contribution in [0, 0.1) is 0 Å². The summed E-state index contributed by atoms with van der Waals surface area (Å²) in [5, 5.41) is 0.383. The predicted octanol–water partition coefficient (Wildman–Crippen LogP) is 4.94. The van der Waals surface area contributed by atoms with Crippen LogP contribution in [0.1, 0.15) is 11.8 Å². The van der Waals surface area contributed by atoms with Gasteiger partial charge < -0.3 is 0 Å². The summed E-state index contributed by atoms with van der Waals surface area (Å²) < 4.78 is 28.4. The first kappa shape index (κ1) is 17.1. The Balaban J connectivity index is 1.93. The molecule has 7 heteroatoms. The van der Waals surface area contributed by atoms with E-state index in [0.29, 0.717) is 5.13 Å². The lowest BCUT2D eigenvalue weighted by atomic mass is 10.1. The SMILES string of the molecule is CCc1sc(NS(=O)(=O)c2ccc(Br)cc2)nc1-c1ccccc1. The maximum Gasteiger partial charge on any atom is 0.263 e. The van der Waals surface area contributed by atoms with Gasteiger partial charge in [-0.2, -0.15) is 0 Å². The molecule has 0 spiro atoms. The Bertz CT molecular complexity index is 936. The van der Waals surface area contributed by atoms with Crippen LogP contribution in [0.2, 0.25) is 0 Å². The summed E-state index contributed by atoms with van der Waals surface area (Å²) in [6.45, 7) is 2.03. The number of nitrogens with zero attached hydrogens (tertiary/aromatic N) is 1. The van der Waals surface area contributed by atoms with Crippen molar-refractivity contribution in [3.63, 3.8) is 0 Å². The van der Waals surface area contributed by atoms with E-state index < -0.39 is 10.0 Å². The number of benzene rings is 2. The Morgan fingerprint density at radius 3 is 2.38 bits per heavy atom. The van der Waals surface area contributed by atoms with Crippen molar-refractivity contribution in [3.8, 4) is 11.3 Å².